The molecule has 1 saturated heterocycles. The SMILES string of the molecule is COc1ccc(CN(Cc2cccnc2)C(=S)NC[C@@H]2CCCO2)cc1OC. The Balaban J connectivity index is 1.72. The molecule has 0 unspecified atom stereocenters. The predicted molar refractivity (Wildman–Crippen MR) is 113 cm³/mol. The van der Waals surface area contributed by atoms with Crippen LogP contribution in [0.4, 0.5) is 0 Å². The van der Waals surface area contributed by atoms with E-state index in [9.17, 15) is 0 Å². The summed E-state index contributed by atoms with van der Waals surface area (Å²) < 4.78 is 16.5. The van der Waals surface area contributed by atoms with Crippen LogP contribution < -0.4 is 14.8 Å². The molecule has 0 bridgehead atoms. The average Bonchev–Trinajstić information content (AvgIpc) is 3.26. The molecular weight excluding hydrogens is 374 g/mol. The summed E-state index contributed by atoms with van der Waals surface area (Å²) >= 11 is 5.70. The highest BCUT2D eigenvalue weighted by molar-refractivity contribution is 7.80. The average molecular weight is 402 g/mol. The van der Waals surface area contributed by atoms with Gasteiger partial charge in [-0.1, -0.05) is 12.1 Å². The first kappa shape index (κ1) is 20.4. The summed E-state index contributed by atoms with van der Waals surface area (Å²) in [7, 11) is 3.28. The van der Waals surface area contributed by atoms with Crippen molar-refractivity contribution < 1.29 is 14.2 Å². The fraction of sp³-hybridized carbons (Fsp3) is 0.429. The van der Waals surface area contributed by atoms with Gasteiger partial charge in [-0.2, -0.15) is 0 Å². The summed E-state index contributed by atoms with van der Waals surface area (Å²) in [4.78, 5) is 6.34. The van der Waals surface area contributed by atoms with Gasteiger partial charge in [0, 0.05) is 38.6 Å². The van der Waals surface area contributed by atoms with Crippen molar-refractivity contribution in [1.82, 2.24) is 15.2 Å². The molecule has 1 fully saturated rings. The van der Waals surface area contributed by atoms with E-state index in [4.69, 9.17) is 26.4 Å². The van der Waals surface area contributed by atoms with Gasteiger partial charge in [0.15, 0.2) is 16.6 Å². The van der Waals surface area contributed by atoms with Crippen LogP contribution in [0.2, 0.25) is 0 Å². The van der Waals surface area contributed by atoms with E-state index in [1.54, 1.807) is 20.4 Å². The molecule has 6 nitrogen and oxygen atoms in total. The highest BCUT2D eigenvalue weighted by Crippen LogP contribution is 2.28. The van der Waals surface area contributed by atoms with Gasteiger partial charge < -0.3 is 24.4 Å². The Morgan fingerprint density at radius 1 is 1.21 bits per heavy atom. The van der Waals surface area contributed by atoms with E-state index < -0.39 is 0 Å². The van der Waals surface area contributed by atoms with Gasteiger partial charge in [0.2, 0.25) is 0 Å². The quantitative estimate of drug-likeness (QED) is 0.682. The van der Waals surface area contributed by atoms with Gasteiger partial charge in [-0.25, -0.2) is 0 Å². The van der Waals surface area contributed by atoms with E-state index >= 15 is 0 Å². The van der Waals surface area contributed by atoms with Gasteiger partial charge in [-0.05, 0) is 54.4 Å². The fourth-order valence-electron chi connectivity index (χ4n) is 3.23. The molecule has 0 spiro atoms. The van der Waals surface area contributed by atoms with Gasteiger partial charge in [0.25, 0.3) is 0 Å². The Kier molecular flexibility index (Phi) is 7.45. The zero-order valence-corrected chi connectivity index (χ0v) is 17.2. The lowest BCUT2D eigenvalue weighted by atomic mass is 10.1. The largest absolute Gasteiger partial charge is 0.493 e. The summed E-state index contributed by atoms with van der Waals surface area (Å²) in [6.07, 6.45) is 6.07. The summed E-state index contributed by atoms with van der Waals surface area (Å²) in [5.74, 6) is 1.42. The highest BCUT2D eigenvalue weighted by Gasteiger charge is 2.18. The van der Waals surface area contributed by atoms with Gasteiger partial charge in [0.05, 0.1) is 20.3 Å². The molecule has 1 aromatic heterocycles. The molecule has 0 aliphatic carbocycles. The van der Waals surface area contributed by atoms with E-state index in [-0.39, 0.29) is 6.10 Å². The molecule has 0 amide bonds. The number of hydrogen-bond donors (Lipinski definition) is 1. The number of pyridine rings is 1. The third-order valence-electron chi connectivity index (χ3n) is 4.71. The Morgan fingerprint density at radius 2 is 2.04 bits per heavy atom. The Morgan fingerprint density at radius 3 is 2.71 bits per heavy atom. The first-order valence-corrected chi connectivity index (χ1v) is 9.84. The molecule has 1 aliphatic rings. The number of rotatable bonds is 8. The molecule has 0 saturated carbocycles. The third-order valence-corrected chi connectivity index (χ3v) is 5.11. The van der Waals surface area contributed by atoms with Crippen LogP contribution >= 0.6 is 12.2 Å². The first-order valence-electron chi connectivity index (χ1n) is 9.43. The van der Waals surface area contributed by atoms with Crippen molar-refractivity contribution in [1.29, 1.82) is 0 Å². The van der Waals surface area contributed by atoms with Crippen LogP contribution in [-0.2, 0) is 17.8 Å². The second-order valence-corrected chi connectivity index (χ2v) is 7.11. The van der Waals surface area contributed by atoms with Crippen LogP contribution in [-0.4, -0.2) is 48.5 Å². The summed E-state index contributed by atoms with van der Waals surface area (Å²) in [6.45, 7) is 2.88. The molecule has 1 aliphatic heterocycles. The van der Waals surface area contributed by atoms with Crippen molar-refractivity contribution in [2.75, 3.05) is 27.4 Å². The molecule has 1 aromatic carbocycles. The molecule has 1 N–H and O–H groups in total. The van der Waals surface area contributed by atoms with Crippen molar-refractivity contribution >= 4 is 17.3 Å². The van der Waals surface area contributed by atoms with E-state index in [1.807, 2.05) is 30.5 Å². The second-order valence-electron chi connectivity index (χ2n) is 6.73. The van der Waals surface area contributed by atoms with Crippen LogP contribution in [0, 0.1) is 0 Å². The maximum absolute atomic E-state index is 5.70. The van der Waals surface area contributed by atoms with Crippen LogP contribution in [0.3, 0.4) is 0 Å². The number of aromatic nitrogens is 1. The molecule has 1 atom stereocenters. The number of thiocarbonyl (C=S) groups is 1. The molecule has 3 rings (SSSR count). The lowest BCUT2D eigenvalue weighted by molar-refractivity contribution is 0.113. The number of ether oxygens (including phenoxy) is 3. The van der Waals surface area contributed by atoms with E-state index in [2.05, 4.69) is 21.3 Å². The van der Waals surface area contributed by atoms with Crippen LogP contribution in [0.1, 0.15) is 24.0 Å². The van der Waals surface area contributed by atoms with E-state index in [0.717, 1.165) is 37.1 Å². The molecule has 28 heavy (non-hydrogen) atoms. The smallest absolute Gasteiger partial charge is 0.169 e. The van der Waals surface area contributed by atoms with Gasteiger partial charge in [-0.15, -0.1) is 0 Å². The standard InChI is InChI=1S/C21H27N3O3S/c1-25-19-8-7-16(11-20(19)26-2)14-24(15-17-5-3-9-22-12-17)21(28)23-13-18-6-4-10-27-18/h3,5,7-9,11-12,18H,4,6,10,13-15H2,1-2H3,(H,23,28)/t18-/m0/s1. The summed E-state index contributed by atoms with van der Waals surface area (Å²) in [5, 5.41) is 4.08. The number of hydrogen-bond acceptors (Lipinski definition) is 5. The minimum Gasteiger partial charge on any atom is -0.493 e. The van der Waals surface area contributed by atoms with Crippen LogP contribution in [0.5, 0.6) is 11.5 Å². The topological polar surface area (TPSA) is 55.9 Å². The van der Waals surface area contributed by atoms with Crippen LogP contribution in [0.15, 0.2) is 42.7 Å². The lowest BCUT2D eigenvalue weighted by Gasteiger charge is -2.27. The highest BCUT2D eigenvalue weighted by atomic mass is 32.1. The minimum atomic E-state index is 0.235. The maximum atomic E-state index is 5.70. The van der Waals surface area contributed by atoms with Gasteiger partial charge >= 0.3 is 0 Å². The van der Waals surface area contributed by atoms with Gasteiger partial charge in [0.1, 0.15) is 0 Å². The summed E-state index contributed by atoms with van der Waals surface area (Å²) in [5.41, 5.74) is 2.19. The lowest BCUT2D eigenvalue weighted by Crippen LogP contribution is -2.42. The van der Waals surface area contributed by atoms with Crippen molar-refractivity contribution in [3.63, 3.8) is 0 Å². The molecule has 2 aromatic rings. The van der Waals surface area contributed by atoms with Crippen molar-refractivity contribution in [2.24, 2.45) is 0 Å². The molecular formula is C21H27N3O3S. The fourth-order valence-corrected chi connectivity index (χ4v) is 3.44. The second kappa shape index (κ2) is 10.2. The minimum absolute atomic E-state index is 0.235. The normalized spacial score (nSPS) is 15.9. The molecule has 150 valence electrons. The maximum Gasteiger partial charge on any atom is 0.169 e. The monoisotopic (exact) mass is 401 g/mol. The summed E-state index contributed by atoms with van der Waals surface area (Å²) in [6, 6.07) is 9.92. The molecule has 2 heterocycles. The first-order chi connectivity index (χ1) is 13.7. The van der Waals surface area contributed by atoms with Gasteiger partial charge in [-0.3, -0.25) is 4.98 Å². The van der Waals surface area contributed by atoms with E-state index in [1.165, 1.54) is 0 Å². The zero-order chi connectivity index (χ0) is 19.8. The molecule has 0 radical (unpaired) electrons. The number of methoxy groups -OCH3 is 2. The number of nitrogens with zero attached hydrogens (tertiary/aromatic N) is 2. The van der Waals surface area contributed by atoms with Crippen molar-refractivity contribution in [3.8, 4) is 11.5 Å². The van der Waals surface area contributed by atoms with Crippen molar-refractivity contribution in [3.05, 3.63) is 53.9 Å². The van der Waals surface area contributed by atoms with Crippen LogP contribution in [0.25, 0.3) is 0 Å². The van der Waals surface area contributed by atoms with E-state index in [0.29, 0.717) is 29.7 Å². The Labute approximate surface area is 171 Å². The third kappa shape index (κ3) is 5.56. The van der Waals surface area contributed by atoms with Crippen molar-refractivity contribution in [2.45, 2.75) is 32.0 Å². The molecule has 7 heteroatoms. The Bertz CT molecular complexity index is 767. The number of nitrogens with one attached hydrogen (secondary N) is 1. The zero-order valence-electron chi connectivity index (χ0n) is 16.4. The predicted octanol–water partition coefficient (Wildman–Crippen LogP) is 3.15. The number of benzene rings is 1. The Hall–Kier alpha value is -2.38.